The summed E-state index contributed by atoms with van der Waals surface area (Å²) in [6, 6.07) is 11.8. The van der Waals surface area contributed by atoms with Crippen LogP contribution in [0.1, 0.15) is 18.0 Å². The fourth-order valence-corrected chi connectivity index (χ4v) is 2.72. The molecule has 0 aromatic heterocycles. The van der Waals surface area contributed by atoms with E-state index in [0.29, 0.717) is 18.0 Å². The van der Waals surface area contributed by atoms with Crippen LogP contribution in [0.2, 0.25) is 0 Å². The Balaban J connectivity index is 1.61. The number of methoxy groups -OCH3 is 1. The molecule has 0 radical (unpaired) electrons. The molecule has 1 aliphatic heterocycles. The topological polar surface area (TPSA) is 59.6 Å². The number of rotatable bonds is 5. The van der Waals surface area contributed by atoms with E-state index in [-0.39, 0.29) is 24.3 Å². The Labute approximate surface area is 139 Å². The number of anilines is 1. The molecule has 0 fully saturated rings. The van der Waals surface area contributed by atoms with Gasteiger partial charge in [0.1, 0.15) is 17.3 Å². The summed E-state index contributed by atoms with van der Waals surface area (Å²) in [4.78, 5) is 12.2. The summed E-state index contributed by atoms with van der Waals surface area (Å²) in [5.41, 5.74) is 1.55. The molecule has 0 saturated carbocycles. The maximum absolute atomic E-state index is 13.2. The van der Waals surface area contributed by atoms with Crippen LogP contribution in [-0.2, 0) is 4.79 Å². The molecule has 3 rings (SSSR count). The van der Waals surface area contributed by atoms with Crippen molar-refractivity contribution >= 4 is 11.6 Å². The Morgan fingerprint density at radius 3 is 3.00 bits per heavy atom. The number of nitrogens with one attached hydrogen (secondary N) is 2. The molecule has 6 heteroatoms. The van der Waals surface area contributed by atoms with Crippen LogP contribution in [0.15, 0.2) is 42.5 Å². The number of halogens is 1. The number of para-hydroxylation sites is 1. The lowest BCUT2D eigenvalue weighted by atomic mass is 10.0. The summed E-state index contributed by atoms with van der Waals surface area (Å²) in [6.07, 6.45) is 0.725. The van der Waals surface area contributed by atoms with Crippen LogP contribution < -0.4 is 20.1 Å². The smallest absolute Gasteiger partial charge is 0.239 e. The number of hydrogen-bond donors (Lipinski definition) is 2. The maximum Gasteiger partial charge on any atom is 0.239 e. The number of amides is 1. The van der Waals surface area contributed by atoms with E-state index in [9.17, 15) is 9.18 Å². The second-order valence-corrected chi connectivity index (χ2v) is 5.49. The number of benzene rings is 2. The van der Waals surface area contributed by atoms with E-state index in [2.05, 4.69) is 10.6 Å². The van der Waals surface area contributed by atoms with Crippen LogP contribution in [0.25, 0.3) is 0 Å². The Bertz CT molecular complexity index is 736. The van der Waals surface area contributed by atoms with E-state index < -0.39 is 0 Å². The molecular formula is C18H19FN2O3. The highest BCUT2D eigenvalue weighted by molar-refractivity contribution is 5.81. The first-order valence-electron chi connectivity index (χ1n) is 7.76. The molecule has 2 N–H and O–H groups in total. The van der Waals surface area contributed by atoms with Crippen LogP contribution in [0.5, 0.6) is 11.5 Å². The van der Waals surface area contributed by atoms with Crippen molar-refractivity contribution in [2.75, 3.05) is 25.6 Å². The van der Waals surface area contributed by atoms with Crippen LogP contribution >= 0.6 is 0 Å². The number of carbonyl (C=O) groups excluding carboxylic acids is 1. The van der Waals surface area contributed by atoms with E-state index in [0.717, 1.165) is 17.7 Å². The molecular weight excluding hydrogens is 311 g/mol. The highest BCUT2D eigenvalue weighted by Gasteiger charge is 2.22. The SMILES string of the molecule is COc1cc(F)ccc1NCC(=O)N[C@@H]1CCOc2ccccc21. The molecule has 1 amide bonds. The molecule has 5 nitrogen and oxygen atoms in total. The van der Waals surface area contributed by atoms with E-state index >= 15 is 0 Å². The van der Waals surface area contributed by atoms with Crippen molar-refractivity contribution in [1.82, 2.24) is 5.32 Å². The van der Waals surface area contributed by atoms with Gasteiger partial charge in [0.2, 0.25) is 5.91 Å². The van der Waals surface area contributed by atoms with E-state index in [1.807, 2.05) is 24.3 Å². The van der Waals surface area contributed by atoms with Crippen molar-refractivity contribution in [1.29, 1.82) is 0 Å². The summed E-state index contributed by atoms with van der Waals surface area (Å²) in [5, 5.41) is 5.97. The molecule has 24 heavy (non-hydrogen) atoms. The largest absolute Gasteiger partial charge is 0.494 e. The first-order chi connectivity index (χ1) is 11.7. The minimum Gasteiger partial charge on any atom is -0.494 e. The van der Waals surface area contributed by atoms with Crippen molar-refractivity contribution in [3.8, 4) is 11.5 Å². The Hall–Kier alpha value is -2.76. The van der Waals surface area contributed by atoms with Gasteiger partial charge in [0.15, 0.2) is 0 Å². The predicted molar refractivity (Wildman–Crippen MR) is 88.9 cm³/mol. The summed E-state index contributed by atoms with van der Waals surface area (Å²) in [5.74, 6) is 0.630. The van der Waals surface area contributed by atoms with Crippen molar-refractivity contribution in [3.63, 3.8) is 0 Å². The van der Waals surface area contributed by atoms with Crippen LogP contribution in [0, 0.1) is 5.82 Å². The molecule has 2 aromatic carbocycles. The molecule has 126 valence electrons. The third-order valence-corrected chi connectivity index (χ3v) is 3.90. The van der Waals surface area contributed by atoms with Crippen LogP contribution in [0.3, 0.4) is 0 Å². The zero-order chi connectivity index (χ0) is 16.9. The number of fused-ring (bicyclic) bond motifs is 1. The van der Waals surface area contributed by atoms with Gasteiger partial charge in [-0.2, -0.15) is 0 Å². The molecule has 2 aromatic rings. The highest BCUT2D eigenvalue weighted by atomic mass is 19.1. The van der Waals surface area contributed by atoms with Crippen molar-refractivity contribution < 1.29 is 18.7 Å². The molecule has 1 heterocycles. The Kier molecular flexibility index (Phi) is 4.84. The normalized spacial score (nSPS) is 15.8. The van der Waals surface area contributed by atoms with Crippen molar-refractivity contribution in [2.24, 2.45) is 0 Å². The van der Waals surface area contributed by atoms with Gasteiger partial charge in [0, 0.05) is 18.1 Å². The molecule has 0 spiro atoms. The van der Waals surface area contributed by atoms with Gasteiger partial charge in [-0.15, -0.1) is 0 Å². The van der Waals surface area contributed by atoms with Crippen molar-refractivity contribution in [2.45, 2.75) is 12.5 Å². The molecule has 1 aliphatic rings. The second-order valence-electron chi connectivity index (χ2n) is 5.49. The lowest BCUT2D eigenvalue weighted by Gasteiger charge is -2.26. The summed E-state index contributed by atoms with van der Waals surface area (Å²) >= 11 is 0. The van der Waals surface area contributed by atoms with Gasteiger partial charge in [-0.1, -0.05) is 18.2 Å². The van der Waals surface area contributed by atoms with Gasteiger partial charge in [-0.3, -0.25) is 4.79 Å². The average molecular weight is 330 g/mol. The van der Waals surface area contributed by atoms with E-state index in [4.69, 9.17) is 9.47 Å². The molecule has 0 aliphatic carbocycles. The van der Waals surface area contributed by atoms with Gasteiger partial charge in [-0.05, 0) is 18.2 Å². The molecule has 0 bridgehead atoms. The molecule has 0 unspecified atom stereocenters. The summed E-state index contributed by atoms with van der Waals surface area (Å²) in [7, 11) is 1.46. The quantitative estimate of drug-likeness (QED) is 0.885. The van der Waals surface area contributed by atoms with Crippen LogP contribution in [-0.4, -0.2) is 26.2 Å². The fraction of sp³-hybridized carbons (Fsp3) is 0.278. The maximum atomic E-state index is 13.2. The van der Waals surface area contributed by atoms with Gasteiger partial charge in [-0.25, -0.2) is 4.39 Å². The average Bonchev–Trinajstić information content (AvgIpc) is 2.61. The zero-order valence-corrected chi connectivity index (χ0v) is 13.3. The summed E-state index contributed by atoms with van der Waals surface area (Å²) in [6.45, 7) is 0.642. The third-order valence-electron chi connectivity index (χ3n) is 3.90. The fourth-order valence-electron chi connectivity index (χ4n) is 2.72. The highest BCUT2D eigenvalue weighted by Crippen LogP contribution is 2.31. The first-order valence-corrected chi connectivity index (χ1v) is 7.76. The minimum atomic E-state index is -0.388. The summed E-state index contributed by atoms with van der Waals surface area (Å²) < 4.78 is 23.9. The number of ether oxygens (including phenoxy) is 2. The minimum absolute atomic E-state index is 0.0700. The Morgan fingerprint density at radius 1 is 1.33 bits per heavy atom. The number of hydrogen-bond acceptors (Lipinski definition) is 4. The monoisotopic (exact) mass is 330 g/mol. The molecule has 0 saturated heterocycles. The van der Waals surface area contributed by atoms with Gasteiger partial charge < -0.3 is 20.1 Å². The van der Waals surface area contributed by atoms with Gasteiger partial charge in [0.25, 0.3) is 0 Å². The standard InChI is InChI=1S/C18H19FN2O3/c1-23-17-10-12(19)6-7-15(17)20-11-18(22)21-14-8-9-24-16-5-3-2-4-13(14)16/h2-7,10,14,20H,8-9,11H2,1H3,(H,21,22)/t14-/m1/s1. The van der Waals surface area contributed by atoms with Gasteiger partial charge in [0.05, 0.1) is 32.0 Å². The second kappa shape index (κ2) is 7.21. The van der Waals surface area contributed by atoms with E-state index in [1.165, 1.54) is 19.2 Å². The molecule has 1 atom stereocenters. The van der Waals surface area contributed by atoms with Gasteiger partial charge >= 0.3 is 0 Å². The zero-order valence-electron chi connectivity index (χ0n) is 13.3. The third kappa shape index (κ3) is 3.59. The Morgan fingerprint density at radius 2 is 2.17 bits per heavy atom. The number of carbonyl (C=O) groups is 1. The lowest BCUT2D eigenvalue weighted by molar-refractivity contribution is -0.120. The first kappa shape index (κ1) is 16.1. The van der Waals surface area contributed by atoms with Crippen molar-refractivity contribution in [3.05, 3.63) is 53.8 Å². The predicted octanol–water partition coefficient (Wildman–Crippen LogP) is 2.89. The van der Waals surface area contributed by atoms with E-state index in [1.54, 1.807) is 6.07 Å². The van der Waals surface area contributed by atoms with Crippen LogP contribution in [0.4, 0.5) is 10.1 Å². The lowest BCUT2D eigenvalue weighted by Crippen LogP contribution is -2.35.